The molecule has 0 saturated heterocycles. The van der Waals surface area contributed by atoms with Crippen molar-refractivity contribution in [2.45, 2.75) is 11.8 Å². The number of methoxy groups -OCH3 is 2. The molecule has 0 aliphatic heterocycles. The van der Waals surface area contributed by atoms with Crippen LogP contribution in [-0.2, 0) is 24.5 Å². The summed E-state index contributed by atoms with van der Waals surface area (Å²) in [7, 11) is 2.54. The van der Waals surface area contributed by atoms with Crippen molar-refractivity contribution in [1.29, 1.82) is 0 Å². The van der Waals surface area contributed by atoms with E-state index < -0.39 is 17.4 Å². The van der Waals surface area contributed by atoms with Crippen LogP contribution in [0.25, 0.3) is 5.57 Å². The third kappa shape index (κ3) is 3.41. The Hall–Kier alpha value is -3.40. The Balaban J connectivity index is 0.000000391. The van der Waals surface area contributed by atoms with Crippen molar-refractivity contribution in [3.63, 3.8) is 0 Å². The number of esters is 2. The Morgan fingerprint density at radius 3 is 1.93 bits per heavy atom. The predicted molar refractivity (Wildman–Crippen MR) is 109 cm³/mol. The molecule has 2 aromatic rings. The molecule has 0 radical (unpaired) electrons. The van der Waals surface area contributed by atoms with Gasteiger partial charge in [0.1, 0.15) is 0 Å². The van der Waals surface area contributed by atoms with E-state index in [4.69, 9.17) is 9.47 Å². The van der Waals surface area contributed by atoms with Crippen LogP contribution in [0.15, 0.2) is 85.0 Å². The fraction of sp³-hybridized carbons (Fsp3) is 0.167. The zero-order valence-corrected chi connectivity index (χ0v) is 15.9. The van der Waals surface area contributed by atoms with E-state index in [0.29, 0.717) is 5.56 Å². The average molecular weight is 374 g/mol. The van der Waals surface area contributed by atoms with Gasteiger partial charge in [-0.05, 0) is 34.8 Å². The summed E-state index contributed by atoms with van der Waals surface area (Å²) in [5.74, 6) is -1.30. The molecule has 0 amide bonds. The van der Waals surface area contributed by atoms with Crippen LogP contribution in [0.4, 0.5) is 0 Å². The molecule has 0 aromatic heterocycles. The average Bonchev–Trinajstić information content (AvgIpc) is 3.44. The van der Waals surface area contributed by atoms with E-state index in [2.05, 4.69) is 24.3 Å². The van der Waals surface area contributed by atoms with Crippen molar-refractivity contribution in [1.82, 2.24) is 0 Å². The van der Waals surface area contributed by atoms with Crippen molar-refractivity contribution in [3.8, 4) is 0 Å². The van der Waals surface area contributed by atoms with Crippen LogP contribution in [0.2, 0.25) is 0 Å². The van der Waals surface area contributed by atoms with Crippen molar-refractivity contribution in [3.05, 3.63) is 102 Å². The van der Waals surface area contributed by atoms with Crippen molar-refractivity contribution in [2.24, 2.45) is 0 Å². The molecule has 4 rings (SSSR count). The first-order valence-electron chi connectivity index (χ1n) is 9.01. The smallest absolute Gasteiger partial charge is 0.331 e. The Labute approximate surface area is 164 Å². The molecule has 4 nitrogen and oxygen atoms in total. The lowest BCUT2D eigenvalue weighted by Gasteiger charge is -2.22. The van der Waals surface area contributed by atoms with E-state index in [1.807, 2.05) is 42.5 Å². The molecule has 0 spiro atoms. The summed E-state index contributed by atoms with van der Waals surface area (Å²) in [5.41, 5.74) is 1.59. The van der Waals surface area contributed by atoms with Gasteiger partial charge in [0.05, 0.1) is 14.2 Å². The fourth-order valence-electron chi connectivity index (χ4n) is 3.43. The van der Waals surface area contributed by atoms with Crippen molar-refractivity contribution >= 4 is 17.5 Å². The minimum Gasteiger partial charge on any atom is -0.468 e. The van der Waals surface area contributed by atoms with Gasteiger partial charge >= 0.3 is 11.9 Å². The van der Waals surface area contributed by atoms with E-state index in [1.54, 1.807) is 18.2 Å². The van der Waals surface area contributed by atoms with Crippen molar-refractivity contribution in [2.75, 3.05) is 14.2 Å². The van der Waals surface area contributed by atoms with Crippen LogP contribution in [0.5, 0.6) is 0 Å². The molecular weight excluding hydrogens is 352 g/mol. The van der Waals surface area contributed by atoms with Crippen LogP contribution in [0, 0.1) is 0 Å². The highest BCUT2D eigenvalue weighted by atomic mass is 16.5. The highest BCUT2D eigenvalue weighted by Gasteiger charge is 2.53. The van der Waals surface area contributed by atoms with E-state index >= 15 is 0 Å². The Bertz CT molecular complexity index is 926. The van der Waals surface area contributed by atoms with Gasteiger partial charge in [0.15, 0.2) is 0 Å². The molecule has 2 aromatic carbocycles. The molecule has 2 aliphatic rings. The van der Waals surface area contributed by atoms with E-state index in [9.17, 15) is 9.59 Å². The first-order valence-corrected chi connectivity index (χ1v) is 9.01. The van der Waals surface area contributed by atoms with E-state index in [0.717, 1.165) is 23.1 Å². The normalized spacial score (nSPS) is 15.1. The van der Waals surface area contributed by atoms with Gasteiger partial charge in [-0.3, -0.25) is 9.59 Å². The number of carbonyl (C=O) groups excluding carboxylic acids is 2. The number of hydrogen-bond donors (Lipinski definition) is 0. The Morgan fingerprint density at radius 2 is 1.39 bits per heavy atom. The van der Waals surface area contributed by atoms with Crippen LogP contribution >= 0.6 is 0 Å². The molecule has 4 heteroatoms. The number of benzene rings is 2. The Kier molecular flexibility index (Phi) is 5.90. The summed E-state index contributed by atoms with van der Waals surface area (Å²) in [5, 5.41) is 0. The maximum Gasteiger partial charge on any atom is 0.331 e. The van der Waals surface area contributed by atoms with Crippen molar-refractivity contribution < 1.29 is 19.1 Å². The lowest BCUT2D eigenvalue weighted by atomic mass is 9.82. The molecule has 0 atom stereocenters. The molecule has 0 saturated carbocycles. The maximum absolute atomic E-state index is 12.5. The lowest BCUT2D eigenvalue weighted by molar-refractivity contribution is -0.158. The number of ether oxygens (including phenoxy) is 2. The molecule has 0 fully saturated rings. The van der Waals surface area contributed by atoms with Crippen LogP contribution in [0.3, 0.4) is 0 Å². The van der Waals surface area contributed by atoms with Gasteiger partial charge in [0.2, 0.25) is 5.41 Å². The first kappa shape index (κ1) is 19.4. The summed E-state index contributed by atoms with van der Waals surface area (Å²) in [6.07, 6.45) is 11.1. The number of hydrogen-bond acceptors (Lipinski definition) is 4. The van der Waals surface area contributed by atoms with Gasteiger partial charge in [-0.2, -0.15) is 0 Å². The summed E-state index contributed by atoms with van der Waals surface area (Å²) in [6, 6.07) is 16.9. The van der Waals surface area contributed by atoms with Gasteiger partial charge in [-0.25, -0.2) is 0 Å². The third-order valence-electron chi connectivity index (χ3n) is 4.76. The predicted octanol–water partition coefficient (Wildman–Crippen LogP) is 4.22. The molecule has 142 valence electrons. The van der Waals surface area contributed by atoms with E-state index in [-0.39, 0.29) is 0 Å². The number of rotatable bonds is 3. The molecular formula is C24H22O4. The molecule has 0 bridgehead atoms. The molecule has 28 heavy (non-hydrogen) atoms. The first-order chi connectivity index (χ1) is 13.6. The standard InChI is InChI=1S/C19H16O4.C5H6/c1-22-17(20)19(18(21)23-2)12-15(13-8-4-3-5-9-13)14-10-6-7-11-16(14)19;1-2-4-5-3-1/h3-12H,1-2H3;1-4H,5H2. The van der Waals surface area contributed by atoms with Gasteiger partial charge in [-0.1, -0.05) is 78.9 Å². The monoisotopic (exact) mass is 374 g/mol. The molecule has 0 unspecified atom stereocenters. The Morgan fingerprint density at radius 1 is 0.821 bits per heavy atom. The number of carbonyl (C=O) groups is 2. The van der Waals surface area contributed by atoms with Crippen LogP contribution in [0.1, 0.15) is 23.1 Å². The highest BCUT2D eigenvalue weighted by Crippen LogP contribution is 2.44. The molecule has 0 heterocycles. The van der Waals surface area contributed by atoms with E-state index in [1.165, 1.54) is 14.2 Å². The highest BCUT2D eigenvalue weighted by molar-refractivity contribution is 6.14. The summed E-state index contributed by atoms with van der Waals surface area (Å²) in [4.78, 5) is 25.0. The molecule has 2 aliphatic carbocycles. The van der Waals surface area contributed by atoms with Gasteiger partial charge in [0, 0.05) is 0 Å². The fourth-order valence-corrected chi connectivity index (χ4v) is 3.43. The van der Waals surface area contributed by atoms with Crippen LogP contribution in [-0.4, -0.2) is 26.2 Å². The number of fused-ring (bicyclic) bond motifs is 1. The second-order valence-electron chi connectivity index (χ2n) is 6.35. The van der Waals surface area contributed by atoms with Gasteiger partial charge in [-0.15, -0.1) is 0 Å². The second-order valence-corrected chi connectivity index (χ2v) is 6.35. The molecule has 0 N–H and O–H groups in total. The maximum atomic E-state index is 12.5. The third-order valence-corrected chi connectivity index (χ3v) is 4.76. The summed E-state index contributed by atoms with van der Waals surface area (Å²) < 4.78 is 9.83. The largest absolute Gasteiger partial charge is 0.468 e. The topological polar surface area (TPSA) is 52.6 Å². The SMILES string of the molecule is C1=CCC=C1.COC(=O)C1(C(=O)OC)C=C(c2ccccc2)c2ccccc21. The zero-order valence-electron chi connectivity index (χ0n) is 15.9. The minimum absolute atomic E-state index is 0.581. The minimum atomic E-state index is -1.56. The second kappa shape index (κ2) is 8.53. The van der Waals surface area contributed by atoms with Crippen LogP contribution < -0.4 is 0 Å². The zero-order chi connectivity index (χ0) is 20.0. The quantitative estimate of drug-likeness (QED) is 0.596. The van der Waals surface area contributed by atoms with Gasteiger partial charge in [0.25, 0.3) is 0 Å². The number of allylic oxidation sites excluding steroid dienone is 4. The lowest BCUT2D eigenvalue weighted by Crippen LogP contribution is -2.42. The summed E-state index contributed by atoms with van der Waals surface area (Å²) >= 11 is 0. The van der Waals surface area contributed by atoms with Gasteiger partial charge < -0.3 is 9.47 Å². The summed E-state index contributed by atoms with van der Waals surface area (Å²) in [6.45, 7) is 0.